The van der Waals surface area contributed by atoms with Crippen LogP contribution in [-0.2, 0) is 6.54 Å². The number of aliphatic hydroxyl groups is 1. The van der Waals surface area contributed by atoms with E-state index >= 15 is 0 Å². The molecule has 0 aromatic carbocycles. The summed E-state index contributed by atoms with van der Waals surface area (Å²) in [4.78, 5) is 16.8. The third-order valence-electron chi connectivity index (χ3n) is 4.74. The van der Waals surface area contributed by atoms with Crippen LogP contribution in [-0.4, -0.2) is 37.9 Å². The number of nitrogens with one attached hydrogen (secondary N) is 1. The molecule has 3 aromatic heterocycles. The van der Waals surface area contributed by atoms with E-state index < -0.39 is 6.10 Å². The topological polar surface area (TPSA) is 93.2 Å². The Morgan fingerprint density at radius 2 is 2.23 bits per heavy atom. The summed E-state index contributed by atoms with van der Waals surface area (Å²) in [5, 5.41) is 17.5. The van der Waals surface area contributed by atoms with Crippen LogP contribution in [0.5, 0.6) is 0 Å². The van der Waals surface area contributed by atoms with E-state index in [1.807, 2.05) is 16.9 Å². The van der Waals surface area contributed by atoms with Crippen molar-refractivity contribution in [3.63, 3.8) is 0 Å². The van der Waals surface area contributed by atoms with E-state index in [4.69, 9.17) is 4.42 Å². The SMILES string of the molecule is O=C(N[C@@H]1CC(Cn2cccn2)C[C@H]1O)c1ccnc(-c2ccco2)c1. The van der Waals surface area contributed by atoms with Gasteiger partial charge in [-0.2, -0.15) is 5.10 Å². The minimum atomic E-state index is -0.550. The smallest absolute Gasteiger partial charge is 0.251 e. The van der Waals surface area contributed by atoms with Crippen LogP contribution < -0.4 is 5.32 Å². The van der Waals surface area contributed by atoms with Crippen molar-refractivity contribution in [1.82, 2.24) is 20.1 Å². The summed E-state index contributed by atoms with van der Waals surface area (Å²) in [5.41, 5.74) is 1.10. The van der Waals surface area contributed by atoms with Crippen LogP contribution in [0.1, 0.15) is 23.2 Å². The van der Waals surface area contributed by atoms with Crippen LogP contribution >= 0.6 is 0 Å². The average Bonchev–Trinajstić information content (AvgIpc) is 3.39. The van der Waals surface area contributed by atoms with Crippen LogP contribution in [0.4, 0.5) is 0 Å². The van der Waals surface area contributed by atoms with Gasteiger partial charge in [0.25, 0.3) is 5.91 Å². The Kier molecular flexibility index (Phi) is 4.53. The van der Waals surface area contributed by atoms with E-state index in [2.05, 4.69) is 15.4 Å². The molecular weight excluding hydrogens is 332 g/mol. The summed E-state index contributed by atoms with van der Waals surface area (Å²) in [7, 11) is 0. The maximum absolute atomic E-state index is 12.6. The molecule has 134 valence electrons. The highest BCUT2D eigenvalue weighted by atomic mass is 16.3. The molecular formula is C19H20N4O3. The second-order valence-electron chi connectivity index (χ2n) is 6.62. The molecule has 0 spiro atoms. The highest BCUT2D eigenvalue weighted by Gasteiger charge is 2.34. The molecule has 0 aliphatic heterocycles. The standard InChI is InChI=1S/C19H20N4O3/c24-17-10-13(12-23-7-2-5-21-23)9-15(17)22-19(25)14-4-6-20-16(11-14)18-3-1-8-26-18/h1-8,11,13,15,17,24H,9-10,12H2,(H,22,25)/t13?,15-,17-/m1/s1. The van der Waals surface area contributed by atoms with E-state index in [0.29, 0.717) is 23.4 Å². The highest BCUT2D eigenvalue weighted by molar-refractivity contribution is 5.95. The quantitative estimate of drug-likeness (QED) is 0.733. The van der Waals surface area contributed by atoms with Crippen LogP contribution in [0, 0.1) is 5.92 Å². The second-order valence-corrected chi connectivity index (χ2v) is 6.62. The molecule has 3 atom stereocenters. The summed E-state index contributed by atoms with van der Waals surface area (Å²) in [6.07, 6.45) is 7.63. The molecule has 3 heterocycles. The maximum atomic E-state index is 12.6. The minimum absolute atomic E-state index is 0.219. The molecule has 26 heavy (non-hydrogen) atoms. The predicted molar refractivity (Wildman–Crippen MR) is 94.2 cm³/mol. The zero-order chi connectivity index (χ0) is 17.9. The largest absolute Gasteiger partial charge is 0.463 e. The van der Waals surface area contributed by atoms with Gasteiger partial charge in [0, 0.05) is 30.7 Å². The van der Waals surface area contributed by atoms with Gasteiger partial charge in [0.15, 0.2) is 5.76 Å². The molecule has 0 bridgehead atoms. The van der Waals surface area contributed by atoms with E-state index in [-0.39, 0.29) is 17.9 Å². The number of hydrogen-bond donors (Lipinski definition) is 2. The summed E-state index contributed by atoms with van der Waals surface area (Å²) in [6.45, 7) is 0.744. The first-order chi connectivity index (χ1) is 12.7. The summed E-state index contributed by atoms with van der Waals surface area (Å²) in [5.74, 6) is 0.676. The third kappa shape index (κ3) is 3.52. The Morgan fingerprint density at radius 1 is 1.31 bits per heavy atom. The lowest BCUT2D eigenvalue weighted by Crippen LogP contribution is -2.39. The minimum Gasteiger partial charge on any atom is -0.463 e. The summed E-state index contributed by atoms with van der Waals surface area (Å²) < 4.78 is 7.19. The molecule has 3 aromatic rings. The Bertz CT molecular complexity index is 861. The van der Waals surface area contributed by atoms with Gasteiger partial charge in [0.1, 0.15) is 5.69 Å². The monoisotopic (exact) mass is 352 g/mol. The molecule has 1 aliphatic rings. The van der Waals surface area contributed by atoms with Gasteiger partial charge >= 0.3 is 0 Å². The van der Waals surface area contributed by atoms with E-state index in [1.165, 1.54) is 0 Å². The molecule has 7 heteroatoms. The summed E-state index contributed by atoms with van der Waals surface area (Å²) in [6, 6.07) is 8.54. The molecule has 7 nitrogen and oxygen atoms in total. The maximum Gasteiger partial charge on any atom is 0.251 e. The van der Waals surface area contributed by atoms with Gasteiger partial charge in [-0.05, 0) is 49.1 Å². The van der Waals surface area contributed by atoms with Crippen molar-refractivity contribution in [2.45, 2.75) is 31.5 Å². The van der Waals surface area contributed by atoms with E-state index in [9.17, 15) is 9.90 Å². The Labute approximate surface area is 150 Å². The lowest BCUT2D eigenvalue weighted by molar-refractivity contribution is 0.0872. The Hall–Kier alpha value is -2.93. The summed E-state index contributed by atoms with van der Waals surface area (Å²) >= 11 is 0. The predicted octanol–water partition coefficient (Wildman–Crippen LogP) is 2.11. The first kappa shape index (κ1) is 16.5. The van der Waals surface area contributed by atoms with Crippen molar-refractivity contribution < 1.29 is 14.3 Å². The molecule has 1 amide bonds. The number of aromatic nitrogens is 3. The molecule has 0 radical (unpaired) electrons. The number of carbonyl (C=O) groups excluding carboxylic acids is 1. The second kappa shape index (κ2) is 7.13. The van der Waals surface area contributed by atoms with Gasteiger partial charge in [0.2, 0.25) is 0 Å². The van der Waals surface area contributed by atoms with Crippen LogP contribution in [0.3, 0.4) is 0 Å². The first-order valence-corrected chi connectivity index (χ1v) is 8.65. The Balaban J connectivity index is 1.41. The van der Waals surface area contributed by atoms with Gasteiger partial charge < -0.3 is 14.8 Å². The number of hydrogen-bond acceptors (Lipinski definition) is 5. The lowest BCUT2D eigenvalue weighted by Gasteiger charge is -2.16. The normalized spacial score (nSPS) is 22.4. The lowest BCUT2D eigenvalue weighted by atomic mass is 10.1. The number of amides is 1. The number of rotatable bonds is 5. The van der Waals surface area contributed by atoms with Gasteiger partial charge in [-0.15, -0.1) is 0 Å². The van der Waals surface area contributed by atoms with Crippen molar-refractivity contribution in [3.05, 3.63) is 60.7 Å². The van der Waals surface area contributed by atoms with E-state index in [1.54, 1.807) is 42.9 Å². The zero-order valence-corrected chi connectivity index (χ0v) is 14.2. The molecule has 2 N–H and O–H groups in total. The molecule has 0 saturated heterocycles. The van der Waals surface area contributed by atoms with Crippen molar-refractivity contribution in [2.24, 2.45) is 5.92 Å². The number of pyridine rings is 1. The molecule has 1 saturated carbocycles. The Morgan fingerprint density at radius 3 is 3.00 bits per heavy atom. The van der Waals surface area contributed by atoms with Crippen LogP contribution in [0.2, 0.25) is 0 Å². The number of aliphatic hydroxyl groups excluding tert-OH is 1. The van der Waals surface area contributed by atoms with Crippen LogP contribution in [0.25, 0.3) is 11.5 Å². The van der Waals surface area contributed by atoms with Crippen molar-refractivity contribution in [3.8, 4) is 11.5 Å². The fraction of sp³-hybridized carbons (Fsp3) is 0.316. The van der Waals surface area contributed by atoms with E-state index in [0.717, 1.165) is 13.0 Å². The number of nitrogens with zero attached hydrogens (tertiary/aromatic N) is 3. The van der Waals surface area contributed by atoms with Crippen molar-refractivity contribution in [2.75, 3.05) is 0 Å². The molecule has 1 aliphatic carbocycles. The van der Waals surface area contributed by atoms with Crippen molar-refractivity contribution >= 4 is 5.91 Å². The van der Waals surface area contributed by atoms with Crippen molar-refractivity contribution in [1.29, 1.82) is 0 Å². The highest BCUT2D eigenvalue weighted by Crippen LogP contribution is 2.28. The number of carbonyl (C=O) groups is 1. The first-order valence-electron chi connectivity index (χ1n) is 8.65. The van der Waals surface area contributed by atoms with Gasteiger partial charge in [-0.25, -0.2) is 0 Å². The number of furan rings is 1. The molecule has 1 unspecified atom stereocenters. The van der Waals surface area contributed by atoms with Crippen LogP contribution in [0.15, 0.2) is 59.6 Å². The van der Waals surface area contributed by atoms with Gasteiger partial charge in [0.05, 0.1) is 18.4 Å². The zero-order valence-electron chi connectivity index (χ0n) is 14.2. The molecule has 1 fully saturated rings. The average molecular weight is 352 g/mol. The fourth-order valence-electron chi connectivity index (χ4n) is 3.48. The van der Waals surface area contributed by atoms with Gasteiger partial charge in [-0.3, -0.25) is 14.5 Å². The molecule has 4 rings (SSSR count). The fourth-order valence-corrected chi connectivity index (χ4v) is 3.48. The van der Waals surface area contributed by atoms with Gasteiger partial charge in [-0.1, -0.05) is 0 Å². The third-order valence-corrected chi connectivity index (χ3v) is 4.74.